The lowest BCUT2D eigenvalue weighted by Gasteiger charge is -2.25. The Morgan fingerprint density at radius 2 is 2.05 bits per heavy atom. The summed E-state index contributed by atoms with van der Waals surface area (Å²) in [5.74, 6) is 0.128. The molecule has 4 nitrogen and oxygen atoms in total. The molecule has 0 radical (unpaired) electrons. The van der Waals surface area contributed by atoms with Gasteiger partial charge in [0.25, 0.3) is 5.91 Å². The number of hydrogen-bond donors (Lipinski definition) is 0. The van der Waals surface area contributed by atoms with Crippen LogP contribution in [0.4, 0.5) is 0 Å². The summed E-state index contributed by atoms with van der Waals surface area (Å²) in [6.07, 6.45) is 6.09. The number of piperidine rings is 1. The van der Waals surface area contributed by atoms with Crippen molar-refractivity contribution in [3.63, 3.8) is 0 Å². The molecule has 1 amide bonds. The number of thiazole rings is 1. The average Bonchev–Trinajstić information content (AvgIpc) is 2.85. The van der Waals surface area contributed by atoms with Gasteiger partial charge >= 0.3 is 0 Å². The number of rotatable bonds is 6. The quantitative estimate of drug-likeness (QED) is 0.809. The van der Waals surface area contributed by atoms with Crippen molar-refractivity contribution in [3.8, 4) is 0 Å². The zero-order valence-corrected chi connectivity index (χ0v) is 14.3. The summed E-state index contributed by atoms with van der Waals surface area (Å²) in [5.41, 5.74) is 0.889. The van der Waals surface area contributed by atoms with Crippen molar-refractivity contribution >= 4 is 17.2 Å². The van der Waals surface area contributed by atoms with Gasteiger partial charge in [0, 0.05) is 13.6 Å². The highest BCUT2D eigenvalue weighted by Gasteiger charge is 2.20. The highest BCUT2D eigenvalue weighted by atomic mass is 32.1. The second-order valence-corrected chi connectivity index (χ2v) is 7.02. The Balaban J connectivity index is 1.99. The van der Waals surface area contributed by atoms with Gasteiger partial charge in [0.2, 0.25) is 0 Å². The molecule has 0 aromatic carbocycles. The van der Waals surface area contributed by atoms with Crippen molar-refractivity contribution in [2.45, 2.75) is 52.5 Å². The van der Waals surface area contributed by atoms with Crippen LogP contribution in [0.25, 0.3) is 0 Å². The smallest absolute Gasteiger partial charge is 0.265 e. The molecule has 21 heavy (non-hydrogen) atoms. The molecule has 2 heterocycles. The van der Waals surface area contributed by atoms with Crippen molar-refractivity contribution in [1.29, 1.82) is 0 Å². The van der Waals surface area contributed by atoms with Crippen LogP contribution in [-0.4, -0.2) is 47.4 Å². The first kappa shape index (κ1) is 16.4. The van der Waals surface area contributed by atoms with Crippen LogP contribution in [0.3, 0.4) is 0 Å². The van der Waals surface area contributed by atoms with E-state index in [0.717, 1.165) is 54.6 Å². The molecule has 5 heteroatoms. The van der Waals surface area contributed by atoms with Crippen LogP contribution in [0.5, 0.6) is 0 Å². The lowest BCUT2D eigenvalue weighted by atomic mass is 10.1. The van der Waals surface area contributed by atoms with Crippen molar-refractivity contribution in [2.75, 3.05) is 26.7 Å². The number of aromatic nitrogens is 1. The maximum absolute atomic E-state index is 12.5. The highest BCUT2D eigenvalue weighted by Crippen LogP contribution is 2.22. The Hall–Kier alpha value is -0.940. The molecule has 0 N–H and O–H groups in total. The lowest BCUT2D eigenvalue weighted by molar-refractivity contribution is 0.0797. The molecule has 1 aromatic heterocycles. The molecule has 0 saturated carbocycles. The average molecular weight is 309 g/mol. The first-order chi connectivity index (χ1) is 10.1. The van der Waals surface area contributed by atoms with E-state index in [4.69, 9.17) is 0 Å². The van der Waals surface area contributed by atoms with Crippen LogP contribution in [-0.2, 0) is 6.54 Å². The molecule has 1 fully saturated rings. The van der Waals surface area contributed by atoms with Gasteiger partial charge in [0.15, 0.2) is 0 Å². The maximum Gasteiger partial charge on any atom is 0.265 e. The van der Waals surface area contributed by atoms with E-state index in [-0.39, 0.29) is 5.91 Å². The number of likely N-dealkylation sites (tertiary alicyclic amines) is 1. The minimum Gasteiger partial charge on any atom is -0.341 e. The Bertz CT molecular complexity index is 466. The van der Waals surface area contributed by atoms with E-state index in [1.807, 2.05) is 18.9 Å². The summed E-state index contributed by atoms with van der Waals surface area (Å²) in [5, 5.41) is 1.08. The fourth-order valence-electron chi connectivity index (χ4n) is 2.70. The van der Waals surface area contributed by atoms with Gasteiger partial charge in [0.1, 0.15) is 9.88 Å². The molecule has 1 aliphatic heterocycles. The van der Waals surface area contributed by atoms with E-state index in [1.165, 1.54) is 19.3 Å². The Kier molecular flexibility index (Phi) is 6.18. The third-order valence-electron chi connectivity index (χ3n) is 4.04. The molecular formula is C16H27N3OS. The van der Waals surface area contributed by atoms with Gasteiger partial charge in [0.05, 0.1) is 12.2 Å². The summed E-state index contributed by atoms with van der Waals surface area (Å²) in [7, 11) is 1.89. The summed E-state index contributed by atoms with van der Waals surface area (Å²) < 4.78 is 0. The number of nitrogens with zero attached hydrogens (tertiary/aromatic N) is 3. The van der Waals surface area contributed by atoms with Crippen LogP contribution >= 0.6 is 11.3 Å². The van der Waals surface area contributed by atoms with Gasteiger partial charge < -0.3 is 4.90 Å². The third kappa shape index (κ3) is 4.51. The minimum atomic E-state index is 0.128. The summed E-state index contributed by atoms with van der Waals surface area (Å²) in [6.45, 7) is 8.16. The number of unbranched alkanes of at least 4 members (excludes halogenated alkanes) is 1. The van der Waals surface area contributed by atoms with Crippen molar-refractivity contribution in [3.05, 3.63) is 15.6 Å². The molecule has 2 rings (SSSR count). The zero-order valence-electron chi connectivity index (χ0n) is 13.5. The van der Waals surface area contributed by atoms with Crippen LogP contribution in [0.1, 0.15) is 59.4 Å². The Morgan fingerprint density at radius 3 is 2.71 bits per heavy atom. The predicted octanol–water partition coefficient (Wildman–Crippen LogP) is 3.31. The van der Waals surface area contributed by atoms with Gasteiger partial charge in [-0.05, 0) is 39.3 Å². The molecule has 0 aliphatic carbocycles. The van der Waals surface area contributed by atoms with E-state index < -0.39 is 0 Å². The van der Waals surface area contributed by atoms with E-state index in [1.54, 1.807) is 11.3 Å². The third-order valence-corrected chi connectivity index (χ3v) is 5.17. The Morgan fingerprint density at radius 1 is 1.33 bits per heavy atom. The first-order valence-corrected chi connectivity index (χ1v) is 8.87. The van der Waals surface area contributed by atoms with Crippen LogP contribution in [0.2, 0.25) is 0 Å². The van der Waals surface area contributed by atoms with Gasteiger partial charge in [-0.2, -0.15) is 0 Å². The van der Waals surface area contributed by atoms with Crippen molar-refractivity contribution in [2.24, 2.45) is 0 Å². The summed E-state index contributed by atoms with van der Waals surface area (Å²) in [4.78, 5) is 22.2. The number of amides is 1. The molecule has 1 aromatic rings. The number of hydrogen-bond acceptors (Lipinski definition) is 4. The first-order valence-electron chi connectivity index (χ1n) is 8.06. The number of aryl methyl sites for hydroxylation is 1. The normalized spacial score (nSPS) is 16.1. The molecule has 118 valence electrons. The van der Waals surface area contributed by atoms with Crippen LogP contribution in [0, 0.1) is 6.92 Å². The van der Waals surface area contributed by atoms with Crippen molar-refractivity contribution in [1.82, 2.24) is 14.8 Å². The molecule has 1 saturated heterocycles. The fourth-order valence-corrected chi connectivity index (χ4v) is 3.80. The monoisotopic (exact) mass is 309 g/mol. The second kappa shape index (κ2) is 7.90. The van der Waals surface area contributed by atoms with Gasteiger partial charge in [-0.15, -0.1) is 11.3 Å². The van der Waals surface area contributed by atoms with E-state index in [0.29, 0.717) is 0 Å². The maximum atomic E-state index is 12.5. The summed E-state index contributed by atoms with van der Waals surface area (Å²) in [6, 6.07) is 0. The topological polar surface area (TPSA) is 36.4 Å². The lowest BCUT2D eigenvalue weighted by Crippen LogP contribution is -2.29. The molecular weight excluding hydrogens is 282 g/mol. The molecule has 0 spiro atoms. The molecule has 0 atom stereocenters. The van der Waals surface area contributed by atoms with Crippen molar-refractivity contribution < 1.29 is 4.79 Å². The minimum absolute atomic E-state index is 0.128. The predicted molar refractivity (Wildman–Crippen MR) is 87.8 cm³/mol. The van der Waals surface area contributed by atoms with Gasteiger partial charge in [-0.3, -0.25) is 9.69 Å². The second-order valence-electron chi connectivity index (χ2n) is 5.94. The van der Waals surface area contributed by atoms with E-state index in [2.05, 4.69) is 16.8 Å². The van der Waals surface area contributed by atoms with Gasteiger partial charge in [-0.1, -0.05) is 19.8 Å². The van der Waals surface area contributed by atoms with Crippen LogP contribution < -0.4 is 0 Å². The largest absolute Gasteiger partial charge is 0.341 e. The van der Waals surface area contributed by atoms with E-state index in [9.17, 15) is 4.79 Å². The number of carbonyl (C=O) groups excluding carboxylic acids is 1. The SMILES string of the molecule is CCCCN(C)C(=O)c1sc(CN2CCCCC2)nc1C. The van der Waals surface area contributed by atoms with E-state index >= 15 is 0 Å². The molecule has 0 bridgehead atoms. The standard InChI is InChI=1S/C16H27N3OS/c1-4-5-9-18(3)16(20)15-13(2)17-14(21-15)12-19-10-7-6-8-11-19/h4-12H2,1-3H3. The molecule has 1 aliphatic rings. The zero-order chi connectivity index (χ0) is 15.2. The van der Waals surface area contributed by atoms with Crippen LogP contribution in [0.15, 0.2) is 0 Å². The fraction of sp³-hybridized carbons (Fsp3) is 0.750. The Labute approximate surface area is 132 Å². The molecule has 0 unspecified atom stereocenters. The number of carbonyl (C=O) groups is 1. The van der Waals surface area contributed by atoms with Gasteiger partial charge in [-0.25, -0.2) is 4.98 Å². The summed E-state index contributed by atoms with van der Waals surface area (Å²) >= 11 is 1.58. The highest BCUT2D eigenvalue weighted by molar-refractivity contribution is 7.13.